The Morgan fingerprint density at radius 2 is 2.04 bits per heavy atom. The molecule has 1 aromatic heterocycles. The summed E-state index contributed by atoms with van der Waals surface area (Å²) in [6.45, 7) is 6.78. The topological polar surface area (TPSA) is 51.2 Å². The second-order valence-corrected chi connectivity index (χ2v) is 6.39. The zero-order valence-electron chi connectivity index (χ0n) is 14.0. The van der Waals surface area contributed by atoms with Crippen LogP contribution in [0.25, 0.3) is 10.6 Å². The largest absolute Gasteiger partial charge is 0.494 e. The van der Waals surface area contributed by atoms with Gasteiger partial charge in [0.25, 0.3) is 0 Å². The van der Waals surface area contributed by atoms with E-state index < -0.39 is 0 Å². The van der Waals surface area contributed by atoms with E-state index in [0.29, 0.717) is 13.0 Å². The van der Waals surface area contributed by atoms with Crippen molar-refractivity contribution >= 4 is 17.2 Å². The van der Waals surface area contributed by atoms with Gasteiger partial charge in [-0.1, -0.05) is 13.3 Å². The van der Waals surface area contributed by atoms with Gasteiger partial charge in [-0.15, -0.1) is 11.3 Å². The van der Waals surface area contributed by atoms with Gasteiger partial charge < -0.3 is 10.1 Å². The molecule has 0 aliphatic heterocycles. The van der Waals surface area contributed by atoms with E-state index >= 15 is 0 Å². The molecule has 0 aliphatic carbocycles. The van der Waals surface area contributed by atoms with Crippen molar-refractivity contribution in [1.82, 2.24) is 10.3 Å². The Morgan fingerprint density at radius 1 is 1.30 bits per heavy atom. The molecule has 23 heavy (non-hydrogen) atoms. The Morgan fingerprint density at radius 3 is 2.70 bits per heavy atom. The normalized spacial score (nSPS) is 12.0. The molecule has 1 heterocycles. The monoisotopic (exact) mass is 332 g/mol. The Hall–Kier alpha value is -1.88. The van der Waals surface area contributed by atoms with Gasteiger partial charge in [0, 0.05) is 17.0 Å². The number of carbonyl (C=O) groups is 1. The van der Waals surface area contributed by atoms with Gasteiger partial charge in [0.1, 0.15) is 10.8 Å². The number of nitrogens with one attached hydrogen (secondary N) is 1. The van der Waals surface area contributed by atoms with Crippen molar-refractivity contribution < 1.29 is 9.53 Å². The van der Waals surface area contributed by atoms with Crippen molar-refractivity contribution in [3.8, 4) is 16.3 Å². The van der Waals surface area contributed by atoms with Crippen LogP contribution < -0.4 is 10.1 Å². The van der Waals surface area contributed by atoms with Crippen molar-refractivity contribution in [1.29, 1.82) is 0 Å². The molecular formula is C18H24N2O2S. The van der Waals surface area contributed by atoms with E-state index in [2.05, 4.69) is 17.2 Å². The Balaban J connectivity index is 1.96. The number of thiazole rings is 1. The maximum atomic E-state index is 12.0. The minimum atomic E-state index is 0.0366. The first-order valence-corrected chi connectivity index (χ1v) is 8.97. The Kier molecular flexibility index (Phi) is 6.59. The summed E-state index contributed by atoms with van der Waals surface area (Å²) in [5.41, 5.74) is 1.87. The summed E-state index contributed by atoms with van der Waals surface area (Å²) in [5.74, 6) is 0.895. The fraction of sp³-hybridized carbons (Fsp3) is 0.444. The predicted octanol–water partition coefficient (Wildman–Crippen LogP) is 4.06. The second kappa shape index (κ2) is 8.67. The second-order valence-electron chi connectivity index (χ2n) is 5.54. The van der Waals surface area contributed by atoms with E-state index in [1.54, 1.807) is 11.3 Å². The summed E-state index contributed by atoms with van der Waals surface area (Å²) in [5, 5.41) is 5.89. The minimum Gasteiger partial charge on any atom is -0.494 e. The molecule has 0 fully saturated rings. The van der Waals surface area contributed by atoms with Crippen LogP contribution in [0.4, 0.5) is 0 Å². The molecule has 0 aliphatic rings. The number of nitrogens with zero attached hydrogens (tertiary/aromatic N) is 1. The lowest BCUT2D eigenvalue weighted by Crippen LogP contribution is -2.33. The third-order valence-corrected chi connectivity index (χ3v) is 4.37. The molecule has 124 valence electrons. The molecule has 1 amide bonds. The molecule has 1 N–H and O–H groups in total. The van der Waals surface area contributed by atoms with Crippen LogP contribution in [0, 0.1) is 0 Å². The van der Waals surface area contributed by atoms with Gasteiger partial charge in [0.15, 0.2) is 0 Å². The Bertz CT molecular complexity index is 622. The third-order valence-electron chi connectivity index (χ3n) is 3.43. The number of aromatic nitrogens is 1. The van der Waals surface area contributed by atoms with Crippen LogP contribution in [0.2, 0.25) is 0 Å². The first-order chi connectivity index (χ1) is 11.1. The van der Waals surface area contributed by atoms with E-state index in [1.165, 1.54) is 0 Å². The molecule has 1 atom stereocenters. The van der Waals surface area contributed by atoms with Gasteiger partial charge >= 0.3 is 0 Å². The van der Waals surface area contributed by atoms with Gasteiger partial charge in [-0.3, -0.25) is 4.79 Å². The van der Waals surface area contributed by atoms with E-state index in [-0.39, 0.29) is 11.9 Å². The van der Waals surface area contributed by atoms with Crippen LogP contribution in [-0.2, 0) is 11.2 Å². The summed E-state index contributed by atoms with van der Waals surface area (Å²) < 4.78 is 5.44. The van der Waals surface area contributed by atoms with Gasteiger partial charge in [-0.2, -0.15) is 0 Å². The van der Waals surface area contributed by atoms with Crippen LogP contribution in [-0.4, -0.2) is 23.5 Å². The average molecular weight is 332 g/mol. The lowest BCUT2D eigenvalue weighted by molar-refractivity contribution is -0.121. The van der Waals surface area contributed by atoms with Crippen molar-refractivity contribution in [3.63, 3.8) is 0 Å². The van der Waals surface area contributed by atoms with Crippen LogP contribution >= 0.6 is 11.3 Å². The molecule has 2 rings (SSSR count). The minimum absolute atomic E-state index is 0.0366. The molecule has 0 bridgehead atoms. The van der Waals surface area contributed by atoms with E-state index in [9.17, 15) is 4.79 Å². The summed E-state index contributed by atoms with van der Waals surface area (Å²) >= 11 is 1.56. The van der Waals surface area contributed by atoms with Crippen molar-refractivity contribution in [3.05, 3.63) is 35.3 Å². The summed E-state index contributed by atoms with van der Waals surface area (Å²) in [7, 11) is 0. The SMILES string of the molecule is CCCC(C)NC(=O)Cc1csc(-c2ccc(OCC)cc2)n1. The lowest BCUT2D eigenvalue weighted by atomic mass is 10.2. The third kappa shape index (κ3) is 5.36. The fourth-order valence-corrected chi connectivity index (χ4v) is 3.20. The van der Waals surface area contributed by atoms with Crippen molar-refractivity contribution in [2.75, 3.05) is 6.61 Å². The maximum Gasteiger partial charge on any atom is 0.226 e. The van der Waals surface area contributed by atoms with E-state index in [4.69, 9.17) is 4.74 Å². The molecule has 1 aromatic carbocycles. The van der Waals surface area contributed by atoms with Gasteiger partial charge in [0.2, 0.25) is 5.91 Å². The average Bonchev–Trinajstić information content (AvgIpc) is 2.96. The molecule has 0 saturated carbocycles. The maximum absolute atomic E-state index is 12.0. The van der Waals surface area contributed by atoms with Crippen molar-refractivity contribution in [2.24, 2.45) is 0 Å². The van der Waals surface area contributed by atoms with Crippen LogP contribution in [0.15, 0.2) is 29.6 Å². The molecule has 1 unspecified atom stereocenters. The summed E-state index contributed by atoms with van der Waals surface area (Å²) in [6.07, 6.45) is 2.40. The summed E-state index contributed by atoms with van der Waals surface area (Å²) in [6, 6.07) is 8.10. The Labute approximate surface area is 141 Å². The molecular weight excluding hydrogens is 308 g/mol. The van der Waals surface area contributed by atoms with Gasteiger partial charge in [0.05, 0.1) is 18.7 Å². The highest BCUT2D eigenvalue weighted by Gasteiger charge is 2.11. The molecule has 2 aromatic rings. The molecule has 0 saturated heterocycles. The highest BCUT2D eigenvalue weighted by molar-refractivity contribution is 7.13. The predicted molar refractivity (Wildman–Crippen MR) is 94.9 cm³/mol. The van der Waals surface area contributed by atoms with E-state index in [0.717, 1.165) is 34.9 Å². The highest BCUT2D eigenvalue weighted by Crippen LogP contribution is 2.26. The molecule has 0 radical (unpaired) electrons. The summed E-state index contributed by atoms with van der Waals surface area (Å²) in [4.78, 5) is 16.6. The number of carbonyl (C=O) groups excluding carboxylic acids is 1. The number of hydrogen-bond donors (Lipinski definition) is 1. The number of benzene rings is 1. The molecule has 0 spiro atoms. The molecule has 5 heteroatoms. The fourth-order valence-electron chi connectivity index (χ4n) is 2.38. The lowest BCUT2D eigenvalue weighted by Gasteiger charge is -2.11. The zero-order valence-corrected chi connectivity index (χ0v) is 14.8. The number of rotatable bonds is 8. The first-order valence-electron chi connectivity index (χ1n) is 8.09. The quantitative estimate of drug-likeness (QED) is 0.793. The number of ether oxygens (including phenoxy) is 1. The van der Waals surface area contributed by atoms with Crippen LogP contribution in [0.5, 0.6) is 5.75 Å². The number of hydrogen-bond acceptors (Lipinski definition) is 4. The van der Waals surface area contributed by atoms with Crippen molar-refractivity contribution in [2.45, 2.75) is 46.1 Å². The zero-order chi connectivity index (χ0) is 16.7. The van der Waals surface area contributed by atoms with Gasteiger partial charge in [-0.25, -0.2) is 4.98 Å². The highest BCUT2D eigenvalue weighted by atomic mass is 32.1. The standard InChI is InChI=1S/C18H24N2O2S/c1-4-6-13(3)19-17(21)11-15-12-23-18(20-15)14-7-9-16(10-8-14)22-5-2/h7-10,12-13H,4-6,11H2,1-3H3,(H,19,21). The van der Waals surface area contributed by atoms with Crippen LogP contribution in [0.1, 0.15) is 39.3 Å². The molecule has 4 nitrogen and oxygen atoms in total. The van der Waals surface area contributed by atoms with Gasteiger partial charge in [-0.05, 0) is 44.5 Å². The number of amides is 1. The van der Waals surface area contributed by atoms with Crippen LogP contribution in [0.3, 0.4) is 0 Å². The first kappa shape index (κ1) is 17.5. The van der Waals surface area contributed by atoms with E-state index in [1.807, 2.05) is 43.5 Å². The smallest absolute Gasteiger partial charge is 0.226 e.